The van der Waals surface area contributed by atoms with E-state index < -0.39 is 0 Å². The number of hydrogen-bond acceptors (Lipinski definition) is 5. The van der Waals surface area contributed by atoms with Crippen molar-refractivity contribution in [2.45, 2.75) is 18.9 Å². The summed E-state index contributed by atoms with van der Waals surface area (Å²) in [5.74, 6) is -0.702. The van der Waals surface area contributed by atoms with Gasteiger partial charge in [0.05, 0.1) is 19.3 Å². The molecular weight excluding hydrogens is 337 g/mol. The summed E-state index contributed by atoms with van der Waals surface area (Å²) in [6, 6.07) is 5.23. The first-order valence-corrected chi connectivity index (χ1v) is 9.24. The van der Waals surface area contributed by atoms with Crippen LogP contribution in [-0.2, 0) is 9.53 Å². The summed E-state index contributed by atoms with van der Waals surface area (Å²) >= 11 is 0. The van der Waals surface area contributed by atoms with Crippen molar-refractivity contribution >= 4 is 11.7 Å². The number of Topliss-reactive ketones (excluding diaryl/α,β-unsaturated/α-hetero) is 1. The molecule has 0 aromatic heterocycles. The van der Waals surface area contributed by atoms with Crippen LogP contribution in [0.3, 0.4) is 0 Å². The molecule has 1 amide bonds. The van der Waals surface area contributed by atoms with E-state index in [0.29, 0.717) is 25.1 Å². The molecule has 142 valence electrons. The Balaban J connectivity index is 1.38. The molecule has 2 fully saturated rings. The zero-order valence-electron chi connectivity index (χ0n) is 14.9. The van der Waals surface area contributed by atoms with Gasteiger partial charge < -0.3 is 15.4 Å². The second kappa shape index (κ2) is 9.21. The highest BCUT2D eigenvalue weighted by Gasteiger charge is 2.33. The number of morpholine rings is 1. The van der Waals surface area contributed by atoms with Gasteiger partial charge in [-0.1, -0.05) is 0 Å². The van der Waals surface area contributed by atoms with Crippen molar-refractivity contribution in [1.29, 1.82) is 0 Å². The van der Waals surface area contributed by atoms with Gasteiger partial charge in [0.25, 0.3) is 0 Å². The monoisotopic (exact) mass is 363 g/mol. The number of amides is 1. The average molecular weight is 363 g/mol. The maximum absolute atomic E-state index is 13.0. The number of hydrogen-bond donors (Lipinski definition) is 2. The maximum atomic E-state index is 13.0. The standard InChI is InChI=1S/C19H26FN3O3/c20-16-4-2-14(3-5-16)18(24)15-12-17(22-13-15)19(25)21-6-1-7-23-8-10-26-11-9-23/h2-5,15,17,22H,1,6-13H2,(H,21,25). The lowest BCUT2D eigenvalue weighted by atomic mass is 9.95. The molecule has 0 saturated carbocycles. The van der Waals surface area contributed by atoms with Crippen LogP contribution in [0.1, 0.15) is 23.2 Å². The lowest BCUT2D eigenvalue weighted by molar-refractivity contribution is -0.122. The van der Waals surface area contributed by atoms with E-state index >= 15 is 0 Å². The number of ketones is 1. The summed E-state index contributed by atoms with van der Waals surface area (Å²) in [7, 11) is 0. The Bertz CT molecular complexity index is 617. The van der Waals surface area contributed by atoms with Crippen molar-refractivity contribution in [3.63, 3.8) is 0 Å². The zero-order valence-corrected chi connectivity index (χ0v) is 14.9. The van der Waals surface area contributed by atoms with Gasteiger partial charge in [-0.3, -0.25) is 14.5 Å². The van der Waals surface area contributed by atoms with Crippen LogP contribution in [-0.4, -0.2) is 68.6 Å². The Kier molecular flexibility index (Phi) is 6.71. The van der Waals surface area contributed by atoms with Crippen LogP contribution in [0.4, 0.5) is 4.39 Å². The van der Waals surface area contributed by atoms with Crippen LogP contribution in [0.2, 0.25) is 0 Å². The SMILES string of the molecule is O=C(c1ccc(F)cc1)C1CNC(C(=O)NCCCN2CCOCC2)C1. The predicted molar refractivity (Wildman–Crippen MR) is 95.5 cm³/mol. The Hall–Kier alpha value is -1.83. The van der Waals surface area contributed by atoms with Gasteiger partial charge in [0, 0.05) is 37.7 Å². The number of benzene rings is 1. The highest BCUT2D eigenvalue weighted by molar-refractivity contribution is 5.99. The molecule has 0 radical (unpaired) electrons. The van der Waals surface area contributed by atoms with E-state index in [1.54, 1.807) is 0 Å². The van der Waals surface area contributed by atoms with Gasteiger partial charge in [-0.05, 0) is 43.7 Å². The number of ether oxygens (including phenoxy) is 1. The van der Waals surface area contributed by atoms with Crippen molar-refractivity contribution in [2.24, 2.45) is 5.92 Å². The van der Waals surface area contributed by atoms with Crippen molar-refractivity contribution in [3.8, 4) is 0 Å². The molecule has 7 heteroatoms. The fourth-order valence-corrected chi connectivity index (χ4v) is 3.45. The largest absolute Gasteiger partial charge is 0.379 e. The number of nitrogens with one attached hydrogen (secondary N) is 2. The van der Waals surface area contributed by atoms with E-state index in [1.165, 1.54) is 24.3 Å². The maximum Gasteiger partial charge on any atom is 0.237 e. The number of carbonyl (C=O) groups is 2. The van der Waals surface area contributed by atoms with Crippen molar-refractivity contribution < 1.29 is 18.7 Å². The summed E-state index contributed by atoms with van der Waals surface area (Å²) < 4.78 is 18.3. The molecule has 2 heterocycles. The van der Waals surface area contributed by atoms with Gasteiger partial charge in [-0.15, -0.1) is 0 Å². The van der Waals surface area contributed by atoms with Crippen molar-refractivity contribution in [3.05, 3.63) is 35.6 Å². The fraction of sp³-hybridized carbons (Fsp3) is 0.579. The van der Waals surface area contributed by atoms with E-state index in [0.717, 1.165) is 39.3 Å². The van der Waals surface area contributed by atoms with Crippen molar-refractivity contribution in [2.75, 3.05) is 45.9 Å². The third kappa shape index (κ3) is 5.09. The average Bonchev–Trinajstić information content (AvgIpc) is 3.16. The molecule has 2 unspecified atom stereocenters. The van der Waals surface area contributed by atoms with Crippen LogP contribution >= 0.6 is 0 Å². The molecule has 2 N–H and O–H groups in total. The lowest BCUT2D eigenvalue weighted by Crippen LogP contribution is -2.42. The predicted octanol–water partition coefficient (Wildman–Crippen LogP) is 0.825. The highest BCUT2D eigenvalue weighted by atomic mass is 19.1. The Morgan fingerprint density at radius 3 is 2.69 bits per heavy atom. The first-order valence-electron chi connectivity index (χ1n) is 9.24. The molecule has 0 aliphatic carbocycles. The van der Waals surface area contributed by atoms with Gasteiger partial charge >= 0.3 is 0 Å². The summed E-state index contributed by atoms with van der Waals surface area (Å²) in [6.45, 7) is 5.51. The van der Waals surface area contributed by atoms with Crippen LogP contribution in [0, 0.1) is 11.7 Å². The highest BCUT2D eigenvalue weighted by Crippen LogP contribution is 2.20. The Morgan fingerprint density at radius 2 is 1.96 bits per heavy atom. The fourth-order valence-electron chi connectivity index (χ4n) is 3.45. The molecule has 2 atom stereocenters. The van der Waals surface area contributed by atoms with E-state index in [4.69, 9.17) is 4.74 Å². The number of halogens is 1. The van der Waals surface area contributed by atoms with Gasteiger partial charge in [0.2, 0.25) is 5.91 Å². The van der Waals surface area contributed by atoms with Gasteiger partial charge in [0.1, 0.15) is 5.82 Å². The molecule has 1 aromatic carbocycles. The molecule has 0 bridgehead atoms. The molecular formula is C19H26FN3O3. The number of carbonyl (C=O) groups excluding carboxylic acids is 2. The first kappa shape index (κ1) is 18.9. The van der Waals surface area contributed by atoms with Crippen LogP contribution in [0.15, 0.2) is 24.3 Å². The van der Waals surface area contributed by atoms with Crippen LogP contribution < -0.4 is 10.6 Å². The Morgan fingerprint density at radius 1 is 1.23 bits per heavy atom. The smallest absolute Gasteiger partial charge is 0.237 e. The van der Waals surface area contributed by atoms with Gasteiger partial charge in [-0.25, -0.2) is 4.39 Å². The summed E-state index contributed by atoms with van der Waals surface area (Å²) in [5.41, 5.74) is 0.491. The second-order valence-electron chi connectivity index (χ2n) is 6.86. The second-order valence-corrected chi connectivity index (χ2v) is 6.86. The van der Waals surface area contributed by atoms with Crippen LogP contribution in [0.25, 0.3) is 0 Å². The molecule has 3 rings (SSSR count). The third-order valence-electron chi connectivity index (χ3n) is 5.00. The first-order chi connectivity index (χ1) is 12.6. The number of nitrogens with zero attached hydrogens (tertiary/aromatic N) is 1. The lowest BCUT2D eigenvalue weighted by Gasteiger charge is -2.26. The quantitative estimate of drug-likeness (QED) is 0.555. The zero-order chi connectivity index (χ0) is 18.4. The summed E-state index contributed by atoms with van der Waals surface area (Å²) in [6.07, 6.45) is 1.38. The van der Waals surface area contributed by atoms with E-state index in [-0.39, 0.29) is 29.5 Å². The summed E-state index contributed by atoms with van der Waals surface area (Å²) in [5, 5.41) is 6.08. The topological polar surface area (TPSA) is 70.7 Å². The van der Waals surface area contributed by atoms with Crippen LogP contribution in [0.5, 0.6) is 0 Å². The number of rotatable bonds is 7. The summed E-state index contributed by atoms with van der Waals surface area (Å²) in [4.78, 5) is 27.1. The molecule has 2 aliphatic heterocycles. The minimum absolute atomic E-state index is 0.0416. The minimum Gasteiger partial charge on any atom is -0.379 e. The normalized spacial score (nSPS) is 23.7. The minimum atomic E-state index is -0.361. The third-order valence-corrected chi connectivity index (χ3v) is 5.00. The molecule has 6 nitrogen and oxygen atoms in total. The van der Waals surface area contributed by atoms with E-state index in [2.05, 4.69) is 15.5 Å². The molecule has 2 saturated heterocycles. The molecule has 2 aliphatic rings. The van der Waals surface area contributed by atoms with Crippen molar-refractivity contribution in [1.82, 2.24) is 15.5 Å². The molecule has 0 spiro atoms. The van der Waals surface area contributed by atoms with E-state index in [1.807, 2.05) is 0 Å². The molecule has 26 heavy (non-hydrogen) atoms. The van der Waals surface area contributed by atoms with Gasteiger partial charge in [0.15, 0.2) is 5.78 Å². The van der Waals surface area contributed by atoms with Gasteiger partial charge in [-0.2, -0.15) is 0 Å². The molecule has 1 aromatic rings. The van der Waals surface area contributed by atoms with E-state index in [9.17, 15) is 14.0 Å². The Labute approximate surface area is 153 Å².